The minimum atomic E-state index is 0.396. The Morgan fingerprint density at radius 3 is 2.58 bits per heavy atom. The molecule has 2 N–H and O–H groups in total. The molecule has 0 spiro atoms. The van der Waals surface area contributed by atoms with Crippen molar-refractivity contribution < 1.29 is 0 Å². The molecule has 0 atom stereocenters. The number of nitrogen functional groups attached to an aromatic ring is 1. The number of nitriles is 1. The molecule has 2 heterocycles. The molecule has 0 amide bonds. The molecule has 0 aliphatic carbocycles. The molecule has 2 aromatic heterocycles. The van der Waals surface area contributed by atoms with Crippen molar-refractivity contribution in [1.82, 2.24) is 15.0 Å². The van der Waals surface area contributed by atoms with Gasteiger partial charge in [0.25, 0.3) is 0 Å². The summed E-state index contributed by atoms with van der Waals surface area (Å²) in [5, 5.41) is 9.54. The Morgan fingerprint density at radius 1 is 1.00 bits per heavy atom. The summed E-state index contributed by atoms with van der Waals surface area (Å²) < 4.78 is 0. The zero-order valence-electron chi connectivity index (χ0n) is 9.91. The highest BCUT2D eigenvalue weighted by atomic mass is 14.9. The number of anilines is 1. The lowest BCUT2D eigenvalue weighted by Gasteiger charge is -2.04. The normalized spacial score (nSPS) is 10.3. The van der Waals surface area contributed by atoms with Crippen LogP contribution < -0.4 is 5.73 Å². The SMILES string of the molecule is N#Cc1ccc(-c2ccc3ncnc(N)c3c2)cn1. The summed E-state index contributed by atoms with van der Waals surface area (Å²) in [6.45, 7) is 0. The number of aromatic nitrogens is 3. The lowest BCUT2D eigenvalue weighted by Crippen LogP contribution is -1.93. The van der Waals surface area contributed by atoms with Crippen molar-refractivity contribution in [3.8, 4) is 17.2 Å². The number of benzene rings is 1. The van der Waals surface area contributed by atoms with E-state index in [-0.39, 0.29) is 0 Å². The van der Waals surface area contributed by atoms with Gasteiger partial charge < -0.3 is 5.73 Å². The zero-order chi connectivity index (χ0) is 13.2. The molecule has 0 saturated heterocycles. The van der Waals surface area contributed by atoms with E-state index >= 15 is 0 Å². The third-order valence-corrected chi connectivity index (χ3v) is 2.88. The average molecular weight is 247 g/mol. The van der Waals surface area contributed by atoms with E-state index in [1.54, 1.807) is 12.3 Å². The lowest BCUT2D eigenvalue weighted by atomic mass is 10.1. The molecule has 19 heavy (non-hydrogen) atoms. The first kappa shape index (κ1) is 11.1. The molecule has 0 saturated carbocycles. The molecule has 0 aliphatic heterocycles. The number of fused-ring (bicyclic) bond motifs is 1. The van der Waals surface area contributed by atoms with Crippen molar-refractivity contribution >= 4 is 16.7 Å². The number of hydrogen-bond acceptors (Lipinski definition) is 5. The summed E-state index contributed by atoms with van der Waals surface area (Å²) in [7, 11) is 0. The van der Waals surface area contributed by atoms with Gasteiger partial charge in [-0.15, -0.1) is 0 Å². The Morgan fingerprint density at radius 2 is 1.84 bits per heavy atom. The first-order valence-electron chi connectivity index (χ1n) is 5.65. The van der Waals surface area contributed by atoms with Gasteiger partial charge in [0.05, 0.1) is 5.52 Å². The number of hydrogen-bond donors (Lipinski definition) is 1. The summed E-state index contributed by atoms with van der Waals surface area (Å²) in [5.41, 5.74) is 8.92. The largest absolute Gasteiger partial charge is 0.383 e. The van der Waals surface area contributed by atoms with E-state index in [1.807, 2.05) is 30.3 Å². The molecule has 0 bridgehead atoms. The van der Waals surface area contributed by atoms with Crippen LogP contribution in [0.3, 0.4) is 0 Å². The molecule has 0 fully saturated rings. The second kappa shape index (κ2) is 4.35. The van der Waals surface area contributed by atoms with Gasteiger partial charge in [0.2, 0.25) is 0 Å². The molecule has 1 aromatic carbocycles. The maximum atomic E-state index is 8.73. The van der Waals surface area contributed by atoms with Crippen LogP contribution in [0.2, 0.25) is 0 Å². The molecular weight excluding hydrogens is 238 g/mol. The molecule has 5 heteroatoms. The van der Waals surface area contributed by atoms with E-state index in [9.17, 15) is 0 Å². The van der Waals surface area contributed by atoms with Gasteiger partial charge in [0.15, 0.2) is 0 Å². The molecule has 0 unspecified atom stereocenters. The molecule has 5 nitrogen and oxygen atoms in total. The van der Waals surface area contributed by atoms with Crippen molar-refractivity contribution in [3.63, 3.8) is 0 Å². The van der Waals surface area contributed by atoms with Crippen molar-refractivity contribution in [2.45, 2.75) is 0 Å². The number of rotatable bonds is 1. The maximum Gasteiger partial charge on any atom is 0.140 e. The summed E-state index contributed by atoms with van der Waals surface area (Å²) in [6, 6.07) is 11.3. The van der Waals surface area contributed by atoms with Crippen LogP contribution in [0.5, 0.6) is 0 Å². The van der Waals surface area contributed by atoms with E-state index in [2.05, 4.69) is 15.0 Å². The van der Waals surface area contributed by atoms with Gasteiger partial charge in [-0.1, -0.05) is 6.07 Å². The quantitative estimate of drug-likeness (QED) is 0.711. The summed E-state index contributed by atoms with van der Waals surface area (Å²) in [5.74, 6) is 0.452. The smallest absolute Gasteiger partial charge is 0.140 e. The van der Waals surface area contributed by atoms with Crippen LogP contribution in [0.25, 0.3) is 22.0 Å². The van der Waals surface area contributed by atoms with Crippen LogP contribution >= 0.6 is 0 Å². The molecule has 0 aliphatic rings. The average Bonchev–Trinajstić information content (AvgIpc) is 2.47. The van der Waals surface area contributed by atoms with Crippen molar-refractivity contribution in [2.24, 2.45) is 0 Å². The van der Waals surface area contributed by atoms with Crippen molar-refractivity contribution in [3.05, 3.63) is 48.5 Å². The highest BCUT2D eigenvalue weighted by molar-refractivity contribution is 5.91. The standard InChI is InChI=1S/C14H9N5/c15-6-11-3-1-10(7-17-11)9-2-4-13-12(5-9)14(16)19-8-18-13/h1-5,7-8H,(H2,16,18,19). The van der Waals surface area contributed by atoms with Crippen molar-refractivity contribution in [2.75, 3.05) is 5.73 Å². The number of nitrogens with two attached hydrogens (primary N) is 1. The molecule has 0 radical (unpaired) electrons. The lowest BCUT2D eigenvalue weighted by molar-refractivity contribution is 1.23. The van der Waals surface area contributed by atoms with Gasteiger partial charge in [-0.05, 0) is 29.8 Å². The minimum Gasteiger partial charge on any atom is -0.383 e. The van der Waals surface area contributed by atoms with E-state index in [0.29, 0.717) is 11.5 Å². The highest BCUT2D eigenvalue weighted by Gasteiger charge is 2.04. The van der Waals surface area contributed by atoms with E-state index in [1.165, 1.54) is 6.33 Å². The monoisotopic (exact) mass is 247 g/mol. The van der Waals surface area contributed by atoms with Crippen LogP contribution in [0.15, 0.2) is 42.9 Å². The third-order valence-electron chi connectivity index (χ3n) is 2.88. The van der Waals surface area contributed by atoms with Crippen LogP contribution in [0, 0.1) is 11.3 Å². The summed E-state index contributed by atoms with van der Waals surface area (Å²) in [4.78, 5) is 12.2. The zero-order valence-corrected chi connectivity index (χ0v) is 9.91. The number of pyridine rings is 1. The number of nitrogens with zero attached hydrogens (tertiary/aromatic N) is 4. The third kappa shape index (κ3) is 1.96. The predicted molar refractivity (Wildman–Crippen MR) is 71.9 cm³/mol. The minimum absolute atomic E-state index is 0.396. The molecule has 3 rings (SSSR count). The van der Waals surface area contributed by atoms with Crippen LogP contribution in [-0.2, 0) is 0 Å². The predicted octanol–water partition coefficient (Wildman–Crippen LogP) is 2.15. The summed E-state index contributed by atoms with van der Waals surface area (Å²) in [6.07, 6.45) is 3.11. The van der Waals surface area contributed by atoms with E-state index in [4.69, 9.17) is 11.0 Å². The molecule has 3 aromatic rings. The van der Waals surface area contributed by atoms with Gasteiger partial charge in [0, 0.05) is 17.1 Å². The van der Waals surface area contributed by atoms with Gasteiger partial charge in [0.1, 0.15) is 23.9 Å². The van der Waals surface area contributed by atoms with Gasteiger partial charge in [-0.25, -0.2) is 15.0 Å². The fourth-order valence-electron chi connectivity index (χ4n) is 1.89. The Bertz CT molecular complexity index is 787. The Balaban J connectivity index is 2.14. The van der Waals surface area contributed by atoms with Crippen LogP contribution in [0.1, 0.15) is 5.69 Å². The first-order valence-corrected chi connectivity index (χ1v) is 5.65. The maximum absolute atomic E-state index is 8.73. The highest BCUT2D eigenvalue weighted by Crippen LogP contribution is 2.25. The van der Waals surface area contributed by atoms with Gasteiger partial charge in [-0.2, -0.15) is 5.26 Å². The second-order valence-electron chi connectivity index (χ2n) is 4.03. The van der Waals surface area contributed by atoms with Crippen molar-refractivity contribution in [1.29, 1.82) is 5.26 Å². The fourth-order valence-corrected chi connectivity index (χ4v) is 1.89. The second-order valence-corrected chi connectivity index (χ2v) is 4.03. The van der Waals surface area contributed by atoms with Crippen LogP contribution in [-0.4, -0.2) is 15.0 Å². The summed E-state index contributed by atoms with van der Waals surface area (Å²) >= 11 is 0. The van der Waals surface area contributed by atoms with E-state index < -0.39 is 0 Å². The molecular formula is C14H9N5. The van der Waals surface area contributed by atoms with Crippen LogP contribution in [0.4, 0.5) is 5.82 Å². The van der Waals surface area contributed by atoms with E-state index in [0.717, 1.165) is 22.0 Å². The Kier molecular flexibility index (Phi) is 2.54. The van der Waals surface area contributed by atoms with Gasteiger partial charge >= 0.3 is 0 Å². The van der Waals surface area contributed by atoms with Gasteiger partial charge in [-0.3, -0.25) is 0 Å². The Hall–Kier alpha value is -3.00. The topological polar surface area (TPSA) is 88.5 Å². The molecule has 90 valence electrons. The first-order chi connectivity index (χ1) is 9.28. The Labute approximate surface area is 109 Å². The fraction of sp³-hybridized carbons (Fsp3) is 0.